The summed E-state index contributed by atoms with van der Waals surface area (Å²) in [5, 5.41) is 23.8. The SMILES string of the molecule is CCO[C@@H]([C@H]1C[C@@H](C)[C@H]2[C@H](O1)[C@H](O)[C@@]1(C)[C@@H]3CC[C@H]4C(C)(C)[C@@H](O[C@H]5CN(CC6CN(C(=O)OC(C)(C)C)C6)CCO5)CC[C@@]45C[C@@]35CC[C@]21C)C(C)(C)O. The van der Waals surface area contributed by atoms with Gasteiger partial charge in [-0.1, -0.05) is 34.6 Å². The molecule has 14 atom stereocenters. The maximum Gasteiger partial charge on any atom is 0.410 e. The minimum atomic E-state index is -1.03. The maximum atomic E-state index is 12.7. The van der Waals surface area contributed by atoms with Crippen LogP contribution in [-0.2, 0) is 23.7 Å². The standard InChI is InChI=1S/C45H76N2O8/c1-12-51-37(41(8,9)50)29-21-27(2)34-35(53-29)36(48)43(11)31-14-13-30-40(6,7)32(15-16-44(30)26-45(31,44)18-17-42(34,43)10)54-33-25-46(19-20-52-33)22-28-23-47(24-28)38(49)55-39(3,4)5/h27-37,48,50H,12-26H2,1-11H3/t27-,29-,30+,31+,32+,33+,34+,35+,36+,37+,42-,43-,44-,45+/m1/s1. The number of aliphatic hydroxyl groups is 2. The van der Waals surface area contributed by atoms with Crippen molar-refractivity contribution in [3.63, 3.8) is 0 Å². The smallest absolute Gasteiger partial charge is 0.410 e. The molecule has 1 amide bonds. The Hall–Kier alpha value is -1.01. The fraction of sp³-hybridized carbons (Fsp3) is 0.978. The first-order chi connectivity index (χ1) is 25.6. The molecule has 0 bridgehead atoms. The highest BCUT2D eigenvalue weighted by molar-refractivity contribution is 5.69. The van der Waals surface area contributed by atoms with Gasteiger partial charge < -0.3 is 38.8 Å². The van der Waals surface area contributed by atoms with Gasteiger partial charge >= 0.3 is 6.09 Å². The molecule has 5 saturated carbocycles. The highest BCUT2D eigenvalue weighted by Crippen LogP contribution is 2.89. The molecule has 0 aromatic rings. The van der Waals surface area contributed by atoms with Crippen molar-refractivity contribution in [2.75, 3.05) is 45.9 Å². The summed E-state index contributed by atoms with van der Waals surface area (Å²) in [4.78, 5) is 16.8. The first kappa shape index (κ1) is 40.8. The minimum absolute atomic E-state index is 0.00261. The van der Waals surface area contributed by atoms with Crippen LogP contribution in [0.15, 0.2) is 0 Å². The van der Waals surface area contributed by atoms with E-state index in [1.54, 1.807) is 0 Å². The molecule has 8 rings (SSSR count). The number of nitrogens with zero attached hydrogens (tertiary/aromatic N) is 2. The van der Waals surface area contributed by atoms with Gasteiger partial charge in [-0.25, -0.2) is 4.79 Å². The second-order valence-electron chi connectivity index (χ2n) is 22.5. The zero-order chi connectivity index (χ0) is 39.7. The lowest BCUT2D eigenvalue weighted by Gasteiger charge is -2.64. The third kappa shape index (κ3) is 6.21. The molecule has 55 heavy (non-hydrogen) atoms. The Kier molecular flexibility index (Phi) is 10.0. The van der Waals surface area contributed by atoms with Crippen LogP contribution in [0.25, 0.3) is 0 Å². The van der Waals surface area contributed by atoms with Gasteiger partial charge in [-0.05, 0) is 138 Å². The number of likely N-dealkylation sites (tertiary alicyclic amines) is 1. The van der Waals surface area contributed by atoms with Crippen LogP contribution in [-0.4, -0.2) is 120 Å². The second-order valence-corrected chi connectivity index (χ2v) is 22.5. The average molecular weight is 773 g/mol. The zero-order valence-electron chi connectivity index (χ0n) is 36.2. The normalized spacial score (nSPS) is 47.4. The number of hydrogen-bond donors (Lipinski definition) is 2. The van der Waals surface area contributed by atoms with E-state index >= 15 is 0 Å². The molecule has 10 nitrogen and oxygen atoms in total. The van der Waals surface area contributed by atoms with Gasteiger partial charge in [-0.3, -0.25) is 4.90 Å². The third-order valence-corrected chi connectivity index (χ3v) is 17.7. The molecule has 3 saturated heterocycles. The van der Waals surface area contributed by atoms with E-state index in [0.29, 0.717) is 48.2 Å². The van der Waals surface area contributed by atoms with Crippen LogP contribution in [0.4, 0.5) is 4.79 Å². The Bertz CT molecular complexity index is 1450. The van der Waals surface area contributed by atoms with Gasteiger partial charge in [-0.2, -0.15) is 0 Å². The summed E-state index contributed by atoms with van der Waals surface area (Å²) in [5.41, 5.74) is -1.10. The largest absolute Gasteiger partial charge is 0.444 e. The Balaban J connectivity index is 0.929. The fourth-order valence-corrected chi connectivity index (χ4v) is 15.3. The van der Waals surface area contributed by atoms with Crippen LogP contribution >= 0.6 is 0 Å². The predicted molar refractivity (Wildman–Crippen MR) is 210 cm³/mol. The van der Waals surface area contributed by atoms with E-state index in [9.17, 15) is 15.0 Å². The summed E-state index contributed by atoms with van der Waals surface area (Å²) in [6, 6.07) is 0. The second kappa shape index (κ2) is 13.5. The van der Waals surface area contributed by atoms with E-state index < -0.39 is 23.4 Å². The van der Waals surface area contributed by atoms with Crippen LogP contribution in [0, 0.1) is 56.7 Å². The number of morpholine rings is 1. The van der Waals surface area contributed by atoms with Crippen LogP contribution in [0.1, 0.15) is 128 Å². The molecule has 10 heteroatoms. The number of rotatable bonds is 8. The molecule has 2 N–H and O–H groups in total. The van der Waals surface area contributed by atoms with E-state index in [-0.39, 0.29) is 52.4 Å². The number of hydrogen-bond acceptors (Lipinski definition) is 9. The Morgan fingerprint density at radius 3 is 2.33 bits per heavy atom. The summed E-state index contributed by atoms with van der Waals surface area (Å²) >= 11 is 0. The fourth-order valence-electron chi connectivity index (χ4n) is 15.3. The van der Waals surface area contributed by atoms with Crippen molar-refractivity contribution in [3.8, 4) is 0 Å². The number of aliphatic hydroxyl groups excluding tert-OH is 1. The van der Waals surface area contributed by atoms with E-state index in [1.807, 2.05) is 46.4 Å². The molecule has 0 unspecified atom stereocenters. The molecule has 8 fully saturated rings. The van der Waals surface area contributed by atoms with Crippen molar-refractivity contribution in [2.45, 2.75) is 176 Å². The van der Waals surface area contributed by atoms with Gasteiger partial charge in [0.25, 0.3) is 0 Å². The minimum Gasteiger partial charge on any atom is -0.444 e. The van der Waals surface area contributed by atoms with Gasteiger partial charge in [0.2, 0.25) is 0 Å². The van der Waals surface area contributed by atoms with Crippen molar-refractivity contribution in [1.82, 2.24) is 9.80 Å². The first-order valence-electron chi connectivity index (χ1n) is 22.3. The van der Waals surface area contributed by atoms with E-state index in [1.165, 1.54) is 25.7 Å². The molecular formula is C45H76N2O8. The van der Waals surface area contributed by atoms with E-state index in [0.717, 1.165) is 58.4 Å². The van der Waals surface area contributed by atoms with Gasteiger partial charge in [-0.15, -0.1) is 0 Å². The van der Waals surface area contributed by atoms with E-state index in [2.05, 4.69) is 39.5 Å². The lowest BCUT2D eigenvalue weighted by atomic mass is 9.41. The highest BCUT2D eigenvalue weighted by atomic mass is 16.7. The average Bonchev–Trinajstić information content (AvgIpc) is 3.70. The molecule has 0 radical (unpaired) electrons. The lowest BCUT2D eigenvalue weighted by Crippen LogP contribution is -2.60. The summed E-state index contributed by atoms with van der Waals surface area (Å²) in [6.07, 6.45) is 7.43. The monoisotopic (exact) mass is 773 g/mol. The Morgan fingerprint density at radius 1 is 0.964 bits per heavy atom. The molecule has 314 valence electrons. The topological polar surface area (TPSA) is 110 Å². The Morgan fingerprint density at radius 2 is 1.65 bits per heavy atom. The number of fused-ring (bicyclic) bond motifs is 4. The number of carbonyl (C=O) groups is 1. The van der Waals surface area contributed by atoms with Gasteiger partial charge in [0.15, 0.2) is 6.29 Å². The van der Waals surface area contributed by atoms with Crippen LogP contribution in [0.5, 0.6) is 0 Å². The molecule has 3 aliphatic heterocycles. The number of amides is 1. The number of carbonyl (C=O) groups excluding carboxylic acids is 1. The van der Waals surface area contributed by atoms with Gasteiger partial charge in [0.1, 0.15) is 11.7 Å². The van der Waals surface area contributed by atoms with Crippen LogP contribution in [0.3, 0.4) is 0 Å². The maximum absolute atomic E-state index is 12.7. The van der Waals surface area contributed by atoms with Crippen molar-refractivity contribution in [2.24, 2.45) is 56.7 Å². The van der Waals surface area contributed by atoms with Crippen molar-refractivity contribution in [3.05, 3.63) is 0 Å². The van der Waals surface area contributed by atoms with Crippen LogP contribution < -0.4 is 0 Å². The highest BCUT2D eigenvalue weighted by Gasteiger charge is 2.84. The van der Waals surface area contributed by atoms with Gasteiger partial charge in [0.05, 0.1) is 36.6 Å². The van der Waals surface area contributed by atoms with Crippen molar-refractivity contribution in [1.29, 1.82) is 0 Å². The quantitative estimate of drug-likeness (QED) is 0.273. The molecule has 3 heterocycles. The Labute approximate surface area is 332 Å². The van der Waals surface area contributed by atoms with Gasteiger partial charge in [0, 0.05) is 50.7 Å². The molecular weight excluding hydrogens is 697 g/mol. The first-order valence-corrected chi connectivity index (χ1v) is 22.3. The zero-order valence-corrected chi connectivity index (χ0v) is 36.2. The molecule has 8 aliphatic rings. The van der Waals surface area contributed by atoms with Crippen molar-refractivity contribution >= 4 is 6.09 Å². The van der Waals surface area contributed by atoms with Crippen LogP contribution in [0.2, 0.25) is 0 Å². The number of ether oxygens (including phenoxy) is 5. The summed E-state index contributed by atoms with van der Waals surface area (Å²) in [6.45, 7) is 29.0. The lowest BCUT2D eigenvalue weighted by molar-refractivity contribution is -0.249. The van der Waals surface area contributed by atoms with Crippen molar-refractivity contribution < 1.29 is 38.7 Å². The molecule has 5 aliphatic carbocycles. The summed E-state index contributed by atoms with van der Waals surface area (Å²) in [5.74, 6) is 2.19. The third-order valence-electron chi connectivity index (χ3n) is 17.7. The molecule has 0 aromatic carbocycles. The molecule has 0 aromatic heterocycles. The molecule has 2 spiro atoms. The summed E-state index contributed by atoms with van der Waals surface area (Å²) in [7, 11) is 0. The predicted octanol–water partition coefficient (Wildman–Crippen LogP) is 6.89. The van der Waals surface area contributed by atoms with E-state index in [4.69, 9.17) is 23.7 Å². The summed E-state index contributed by atoms with van der Waals surface area (Å²) < 4.78 is 32.0.